The number of benzene rings is 2. The molecule has 0 spiro atoms. The molecule has 0 fully saturated rings. The Kier molecular flexibility index (Phi) is 6.53. The zero-order valence-corrected chi connectivity index (χ0v) is 16.8. The number of para-hydroxylation sites is 3. The number of anilines is 1. The molecule has 2 aromatic carbocycles. The van der Waals surface area contributed by atoms with Crippen LogP contribution in [-0.4, -0.2) is 34.9 Å². The summed E-state index contributed by atoms with van der Waals surface area (Å²) >= 11 is 1.45. The number of aromatic nitrogens is 2. The maximum atomic E-state index is 12.5. The first-order chi connectivity index (χ1) is 13.1. The lowest BCUT2D eigenvalue weighted by Gasteiger charge is -2.13. The van der Waals surface area contributed by atoms with Gasteiger partial charge in [0.25, 0.3) is 0 Å². The summed E-state index contributed by atoms with van der Waals surface area (Å²) in [4.78, 5) is 17.2. The fourth-order valence-electron chi connectivity index (χ4n) is 2.99. The van der Waals surface area contributed by atoms with Crippen LogP contribution < -0.4 is 5.32 Å². The Labute approximate surface area is 164 Å². The van der Waals surface area contributed by atoms with Crippen molar-refractivity contribution in [3.8, 4) is 0 Å². The molecule has 142 valence electrons. The van der Waals surface area contributed by atoms with Crippen molar-refractivity contribution in [2.24, 2.45) is 0 Å². The molecule has 0 bridgehead atoms. The zero-order valence-electron chi connectivity index (χ0n) is 15.9. The highest BCUT2D eigenvalue weighted by Crippen LogP contribution is 2.26. The largest absolute Gasteiger partial charge is 0.383 e. The Morgan fingerprint density at radius 3 is 2.70 bits per heavy atom. The van der Waals surface area contributed by atoms with E-state index in [2.05, 4.69) is 34.8 Å². The number of hydrogen-bond donors (Lipinski definition) is 1. The van der Waals surface area contributed by atoms with Crippen LogP contribution in [0, 0.1) is 0 Å². The van der Waals surface area contributed by atoms with E-state index in [0.29, 0.717) is 24.8 Å². The first kappa shape index (κ1) is 19.5. The molecule has 1 amide bonds. The Hall–Kier alpha value is -2.31. The first-order valence-electron chi connectivity index (χ1n) is 9.06. The lowest BCUT2D eigenvalue weighted by atomic mass is 10.0. The quantitative estimate of drug-likeness (QED) is 0.580. The van der Waals surface area contributed by atoms with Gasteiger partial charge in [-0.2, -0.15) is 0 Å². The molecule has 1 N–H and O–H groups in total. The normalized spacial score (nSPS) is 11.3. The number of carbonyl (C=O) groups is 1. The van der Waals surface area contributed by atoms with E-state index < -0.39 is 0 Å². The van der Waals surface area contributed by atoms with Crippen LogP contribution in [0.25, 0.3) is 11.0 Å². The highest BCUT2D eigenvalue weighted by Gasteiger charge is 2.14. The summed E-state index contributed by atoms with van der Waals surface area (Å²) in [5.41, 5.74) is 4.01. The van der Waals surface area contributed by atoms with Crippen molar-refractivity contribution >= 4 is 34.4 Å². The van der Waals surface area contributed by atoms with Gasteiger partial charge >= 0.3 is 0 Å². The molecule has 0 aliphatic rings. The van der Waals surface area contributed by atoms with Gasteiger partial charge < -0.3 is 14.6 Å². The van der Waals surface area contributed by atoms with E-state index in [-0.39, 0.29) is 5.91 Å². The lowest BCUT2D eigenvalue weighted by molar-refractivity contribution is -0.113. The summed E-state index contributed by atoms with van der Waals surface area (Å²) in [7, 11) is 1.69. The molecule has 0 aliphatic heterocycles. The standard InChI is InChI=1S/C21H25N3O2S/c1-15(2)16-8-4-5-9-17(16)22-20(25)14-27-21-23-18-10-6-7-11-19(18)24(21)12-13-26-3/h4-11,15H,12-14H2,1-3H3,(H,22,25). The molecule has 3 rings (SSSR count). The summed E-state index contributed by atoms with van der Waals surface area (Å²) in [6.45, 7) is 5.55. The highest BCUT2D eigenvalue weighted by molar-refractivity contribution is 7.99. The minimum Gasteiger partial charge on any atom is -0.383 e. The van der Waals surface area contributed by atoms with E-state index in [0.717, 1.165) is 27.4 Å². The predicted molar refractivity (Wildman–Crippen MR) is 111 cm³/mol. The van der Waals surface area contributed by atoms with Crippen molar-refractivity contribution in [1.29, 1.82) is 0 Å². The third-order valence-electron chi connectivity index (χ3n) is 4.33. The topological polar surface area (TPSA) is 56.1 Å². The average Bonchev–Trinajstić information content (AvgIpc) is 3.02. The summed E-state index contributed by atoms with van der Waals surface area (Å²) < 4.78 is 7.33. The Balaban J connectivity index is 1.72. The van der Waals surface area contributed by atoms with Crippen molar-refractivity contribution in [3.63, 3.8) is 0 Å². The fourth-order valence-corrected chi connectivity index (χ4v) is 3.83. The van der Waals surface area contributed by atoms with Gasteiger partial charge in [-0.3, -0.25) is 4.79 Å². The number of methoxy groups -OCH3 is 1. The van der Waals surface area contributed by atoms with Crippen molar-refractivity contribution in [3.05, 3.63) is 54.1 Å². The lowest BCUT2D eigenvalue weighted by Crippen LogP contribution is -2.16. The molecule has 1 aromatic heterocycles. The summed E-state index contributed by atoms with van der Waals surface area (Å²) in [5, 5.41) is 3.87. The second kappa shape index (κ2) is 9.06. The molecule has 3 aromatic rings. The molecule has 0 radical (unpaired) electrons. The second-order valence-electron chi connectivity index (χ2n) is 6.61. The number of amides is 1. The van der Waals surface area contributed by atoms with Crippen molar-refractivity contribution < 1.29 is 9.53 Å². The molecule has 0 unspecified atom stereocenters. The molecule has 0 atom stereocenters. The second-order valence-corrected chi connectivity index (χ2v) is 7.55. The Morgan fingerprint density at radius 2 is 1.93 bits per heavy atom. The van der Waals surface area contributed by atoms with Crippen LogP contribution in [0.2, 0.25) is 0 Å². The SMILES string of the molecule is COCCn1c(SCC(=O)Nc2ccccc2C(C)C)nc2ccccc21. The molecule has 5 nitrogen and oxygen atoms in total. The predicted octanol–water partition coefficient (Wildman–Crippen LogP) is 4.54. The molecule has 1 heterocycles. The van der Waals surface area contributed by atoms with E-state index in [4.69, 9.17) is 4.74 Å². The number of imidazole rings is 1. The third kappa shape index (κ3) is 4.70. The van der Waals surface area contributed by atoms with Crippen molar-refractivity contribution in [2.45, 2.75) is 31.5 Å². The third-order valence-corrected chi connectivity index (χ3v) is 5.30. The van der Waals surface area contributed by atoms with Crippen LogP contribution in [-0.2, 0) is 16.1 Å². The molecule has 0 aliphatic carbocycles. The molecule has 6 heteroatoms. The number of nitrogens with zero attached hydrogens (tertiary/aromatic N) is 2. The van der Waals surface area contributed by atoms with Gasteiger partial charge in [-0.1, -0.05) is 55.9 Å². The summed E-state index contributed by atoms with van der Waals surface area (Å²) in [6.07, 6.45) is 0. The fraction of sp³-hybridized carbons (Fsp3) is 0.333. The molecule has 27 heavy (non-hydrogen) atoms. The van der Waals surface area contributed by atoms with Crippen molar-refractivity contribution in [2.75, 3.05) is 24.8 Å². The zero-order chi connectivity index (χ0) is 19.2. The smallest absolute Gasteiger partial charge is 0.234 e. The number of thioether (sulfide) groups is 1. The van der Waals surface area contributed by atoms with E-state index >= 15 is 0 Å². The highest BCUT2D eigenvalue weighted by atomic mass is 32.2. The van der Waals surface area contributed by atoms with Gasteiger partial charge in [-0.15, -0.1) is 0 Å². The molecular weight excluding hydrogens is 358 g/mol. The van der Waals surface area contributed by atoms with Gasteiger partial charge in [0.15, 0.2) is 5.16 Å². The minimum atomic E-state index is -0.0292. The van der Waals surface area contributed by atoms with E-state index in [1.54, 1.807) is 7.11 Å². The first-order valence-corrected chi connectivity index (χ1v) is 10.0. The maximum absolute atomic E-state index is 12.5. The maximum Gasteiger partial charge on any atom is 0.234 e. The minimum absolute atomic E-state index is 0.0292. The van der Waals surface area contributed by atoms with Gasteiger partial charge in [-0.25, -0.2) is 4.98 Å². The number of carbonyl (C=O) groups excluding carboxylic acids is 1. The van der Waals surface area contributed by atoms with E-state index in [9.17, 15) is 4.79 Å². The summed E-state index contributed by atoms with van der Waals surface area (Å²) in [6, 6.07) is 15.9. The van der Waals surface area contributed by atoms with Gasteiger partial charge in [-0.05, 0) is 29.7 Å². The molecule has 0 saturated heterocycles. The van der Waals surface area contributed by atoms with Gasteiger partial charge in [0, 0.05) is 19.3 Å². The van der Waals surface area contributed by atoms with Crippen LogP contribution >= 0.6 is 11.8 Å². The van der Waals surface area contributed by atoms with E-state index in [1.165, 1.54) is 11.8 Å². The monoisotopic (exact) mass is 383 g/mol. The van der Waals surface area contributed by atoms with Crippen LogP contribution in [0.15, 0.2) is 53.7 Å². The molecular formula is C21H25N3O2S. The number of hydrogen-bond acceptors (Lipinski definition) is 4. The Bertz CT molecular complexity index is 921. The van der Waals surface area contributed by atoms with Crippen LogP contribution in [0.1, 0.15) is 25.3 Å². The van der Waals surface area contributed by atoms with Gasteiger partial charge in [0.2, 0.25) is 5.91 Å². The number of rotatable bonds is 8. The number of ether oxygens (including phenoxy) is 1. The number of nitrogens with one attached hydrogen (secondary N) is 1. The van der Waals surface area contributed by atoms with E-state index in [1.807, 2.05) is 42.5 Å². The van der Waals surface area contributed by atoms with Crippen LogP contribution in [0.5, 0.6) is 0 Å². The molecule has 0 saturated carbocycles. The van der Waals surface area contributed by atoms with Gasteiger partial charge in [0.1, 0.15) is 0 Å². The van der Waals surface area contributed by atoms with Crippen LogP contribution in [0.4, 0.5) is 5.69 Å². The number of fused-ring (bicyclic) bond motifs is 1. The van der Waals surface area contributed by atoms with Gasteiger partial charge in [0.05, 0.1) is 23.4 Å². The van der Waals surface area contributed by atoms with Crippen molar-refractivity contribution in [1.82, 2.24) is 9.55 Å². The Morgan fingerprint density at radius 1 is 1.19 bits per heavy atom. The van der Waals surface area contributed by atoms with Crippen LogP contribution in [0.3, 0.4) is 0 Å². The summed E-state index contributed by atoms with van der Waals surface area (Å²) in [5.74, 6) is 0.633. The average molecular weight is 384 g/mol.